The van der Waals surface area contributed by atoms with Gasteiger partial charge < -0.3 is 5.32 Å². The summed E-state index contributed by atoms with van der Waals surface area (Å²) in [6.45, 7) is 2.60. The molecular formula is C23H18FN6O2+. The van der Waals surface area contributed by atoms with Crippen molar-refractivity contribution < 1.29 is 18.5 Å². The molecule has 8 nitrogen and oxygen atoms in total. The zero-order valence-corrected chi connectivity index (χ0v) is 17.1. The molecule has 1 fully saturated rings. The molecule has 0 spiro atoms. The average molecular weight is 429 g/mol. The molecule has 158 valence electrons. The van der Waals surface area contributed by atoms with E-state index in [1.165, 1.54) is 12.1 Å². The fourth-order valence-corrected chi connectivity index (χ4v) is 4.66. The van der Waals surface area contributed by atoms with E-state index in [0.717, 1.165) is 16.7 Å². The lowest BCUT2D eigenvalue weighted by Crippen LogP contribution is -2.71. The van der Waals surface area contributed by atoms with E-state index in [0.29, 0.717) is 30.1 Å². The van der Waals surface area contributed by atoms with Gasteiger partial charge in [0.2, 0.25) is 5.69 Å². The van der Waals surface area contributed by atoms with Gasteiger partial charge in [-0.3, -0.25) is 19.5 Å². The first-order valence-electron chi connectivity index (χ1n) is 10.2. The first kappa shape index (κ1) is 18.6. The van der Waals surface area contributed by atoms with Crippen LogP contribution in [-0.4, -0.2) is 44.4 Å². The van der Waals surface area contributed by atoms with Crippen molar-refractivity contribution in [2.24, 2.45) is 0 Å². The fourth-order valence-electron chi connectivity index (χ4n) is 4.66. The second-order valence-electron chi connectivity index (χ2n) is 8.04. The Morgan fingerprint density at radius 2 is 1.84 bits per heavy atom. The van der Waals surface area contributed by atoms with Crippen LogP contribution >= 0.6 is 0 Å². The quantitative estimate of drug-likeness (QED) is 0.492. The molecule has 1 N–H and O–H groups in total. The number of amides is 2. The Balaban J connectivity index is 1.69. The van der Waals surface area contributed by atoms with Gasteiger partial charge in [-0.1, -0.05) is 9.61 Å². The SMILES string of the molecule is CC12C(=O)NCCN1C(=O)c1cn3nc(-c4ccc(F)cc4)cc(-c4ccncc4)c3[n+]12. The number of rotatable bonds is 2. The lowest BCUT2D eigenvalue weighted by Gasteiger charge is -2.35. The number of nitrogens with zero attached hydrogens (tertiary/aromatic N) is 5. The van der Waals surface area contributed by atoms with Crippen molar-refractivity contribution in [1.29, 1.82) is 0 Å². The van der Waals surface area contributed by atoms with Crippen LogP contribution in [0.15, 0.2) is 61.1 Å². The number of hydrogen-bond donors (Lipinski definition) is 1. The topological polar surface area (TPSA) is 83.5 Å². The molecule has 2 aliphatic heterocycles. The highest BCUT2D eigenvalue weighted by Gasteiger charge is 2.60. The van der Waals surface area contributed by atoms with Crippen LogP contribution in [0.5, 0.6) is 0 Å². The van der Waals surface area contributed by atoms with Crippen molar-refractivity contribution in [2.45, 2.75) is 12.6 Å². The van der Waals surface area contributed by atoms with E-state index in [9.17, 15) is 14.0 Å². The highest BCUT2D eigenvalue weighted by Crippen LogP contribution is 2.34. The minimum absolute atomic E-state index is 0.211. The Kier molecular flexibility index (Phi) is 3.74. The third-order valence-corrected chi connectivity index (χ3v) is 6.26. The third kappa shape index (κ3) is 2.38. The zero-order chi connectivity index (χ0) is 22.0. The fraction of sp³-hybridized carbons (Fsp3) is 0.174. The van der Waals surface area contributed by atoms with E-state index in [1.54, 1.807) is 51.6 Å². The monoisotopic (exact) mass is 429 g/mol. The molecule has 1 saturated heterocycles. The minimum Gasteiger partial charge on any atom is -0.349 e. The molecule has 6 rings (SSSR count). The van der Waals surface area contributed by atoms with Crippen LogP contribution in [0, 0.1) is 5.82 Å². The van der Waals surface area contributed by atoms with Crippen molar-refractivity contribution in [1.82, 2.24) is 24.8 Å². The van der Waals surface area contributed by atoms with Crippen molar-refractivity contribution in [3.05, 3.63) is 72.6 Å². The normalized spacial score (nSPS) is 19.8. The summed E-state index contributed by atoms with van der Waals surface area (Å²) in [6, 6.07) is 11.7. The number of carbonyl (C=O) groups is 2. The van der Waals surface area contributed by atoms with Gasteiger partial charge in [0.25, 0.3) is 11.6 Å². The van der Waals surface area contributed by atoms with Crippen LogP contribution in [0.4, 0.5) is 4.39 Å². The summed E-state index contributed by atoms with van der Waals surface area (Å²) in [4.78, 5) is 31.9. The molecule has 1 atom stereocenters. The highest BCUT2D eigenvalue weighted by molar-refractivity contribution is 5.99. The Morgan fingerprint density at radius 3 is 2.59 bits per heavy atom. The summed E-state index contributed by atoms with van der Waals surface area (Å²) in [6.07, 6.45) is 5.03. The molecule has 9 heteroatoms. The molecule has 1 aromatic carbocycles. The number of carbonyl (C=O) groups excluding carboxylic acids is 2. The molecule has 1 unspecified atom stereocenters. The van der Waals surface area contributed by atoms with E-state index < -0.39 is 5.66 Å². The van der Waals surface area contributed by atoms with Crippen molar-refractivity contribution in [2.75, 3.05) is 13.1 Å². The number of fused-ring (bicyclic) bond motifs is 5. The van der Waals surface area contributed by atoms with Gasteiger partial charge in [0.1, 0.15) is 11.5 Å². The van der Waals surface area contributed by atoms with Crippen LogP contribution < -0.4 is 9.88 Å². The maximum absolute atomic E-state index is 13.5. The van der Waals surface area contributed by atoms with Crippen LogP contribution in [0.25, 0.3) is 28.0 Å². The average Bonchev–Trinajstić information content (AvgIpc) is 3.30. The van der Waals surface area contributed by atoms with E-state index >= 15 is 0 Å². The van der Waals surface area contributed by atoms with Gasteiger partial charge in [0.15, 0.2) is 6.20 Å². The molecular weight excluding hydrogens is 411 g/mol. The number of pyridine rings is 1. The molecule has 4 aromatic rings. The molecule has 3 aromatic heterocycles. The van der Waals surface area contributed by atoms with Crippen molar-refractivity contribution in [3.63, 3.8) is 0 Å². The van der Waals surface area contributed by atoms with Crippen LogP contribution in [0.2, 0.25) is 0 Å². The molecule has 32 heavy (non-hydrogen) atoms. The smallest absolute Gasteiger partial charge is 0.318 e. The number of hydrogen-bond acceptors (Lipinski definition) is 4. The van der Waals surface area contributed by atoms with Crippen molar-refractivity contribution in [3.8, 4) is 22.4 Å². The van der Waals surface area contributed by atoms with E-state index in [-0.39, 0.29) is 17.6 Å². The highest BCUT2D eigenvalue weighted by atomic mass is 19.1. The Labute approximate surface area is 181 Å². The second kappa shape index (κ2) is 6.43. The van der Waals surface area contributed by atoms with Gasteiger partial charge in [0, 0.05) is 38.0 Å². The largest absolute Gasteiger partial charge is 0.349 e. The number of halogens is 1. The summed E-state index contributed by atoms with van der Waals surface area (Å²) in [5.74, 6) is -0.782. The third-order valence-electron chi connectivity index (χ3n) is 6.26. The molecule has 0 bridgehead atoms. The molecule has 5 heterocycles. The number of benzene rings is 1. The van der Waals surface area contributed by atoms with Gasteiger partial charge in [0.05, 0.1) is 5.56 Å². The number of nitrogens with one attached hydrogen (secondary N) is 1. The van der Waals surface area contributed by atoms with Gasteiger partial charge in [-0.2, -0.15) is 4.57 Å². The van der Waals surface area contributed by atoms with Crippen LogP contribution in [0.1, 0.15) is 17.4 Å². The van der Waals surface area contributed by atoms with Crippen molar-refractivity contribution >= 4 is 17.5 Å². The Hall–Kier alpha value is -4.14. The predicted octanol–water partition coefficient (Wildman–Crippen LogP) is 1.75. The van der Waals surface area contributed by atoms with E-state index in [1.807, 2.05) is 18.2 Å². The Bertz CT molecular complexity index is 1420. The lowest BCUT2D eigenvalue weighted by molar-refractivity contribution is -0.731. The summed E-state index contributed by atoms with van der Waals surface area (Å²) in [5.41, 5.74) is 2.80. The van der Waals surface area contributed by atoms with Crippen LogP contribution in [-0.2, 0) is 10.5 Å². The lowest BCUT2D eigenvalue weighted by atomic mass is 10.0. The van der Waals surface area contributed by atoms with E-state index in [4.69, 9.17) is 5.10 Å². The number of piperazine rings is 1. The predicted molar refractivity (Wildman–Crippen MR) is 112 cm³/mol. The maximum atomic E-state index is 13.5. The molecule has 0 aliphatic carbocycles. The zero-order valence-electron chi connectivity index (χ0n) is 17.1. The van der Waals surface area contributed by atoms with Gasteiger partial charge in [-0.15, -0.1) is 0 Å². The summed E-state index contributed by atoms with van der Waals surface area (Å²) >= 11 is 0. The Morgan fingerprint density at radius 1 is 1.09 bits per heavy atom. The summed E-state index contributed by atoms with van der Waals surface area (Å²) < 4.78 is 16.9. The van der Waals surface area contributed by atoms with E-state index in [2.05, 4.69) is 10.3 Å². The van der Waals surface area contributed by atoms with Gasteiger partial charge in [-0.25, -0.2) is 4.39 Å². The summed E-state index contributed by atoms with van der Waals surface area (Å²) in [7, 11) is 0. The number of aromatic nitrogens is 4. The second-order valence-corrected chi connectivity index (χ2v) is 8.04. The summed E-state index contributed by atoms with van der Waals surface area (Å²) in [5, 5.41) is 7.59. The number of imidazole rings is 1. The molecule has 0 radical (unpaired) electrons. The van der Waals surface area contributed by atoms with Gasteiger partial charge >= 0.3 is 11.6 Å². The van der Waals surface area contributed by atoms with Gasteiger partial charge in [-0.05, 0) is 48.0 Å². The minimum atomic E-state index is -1.19. The molecule has 0 saturated carbocycles. The first-order valence-corrected chi connectivity index (χ1v) is 10.2. The molecule has 2 aliphatic rings. The maximum Gasteiger partial charge on any atom is 0.318 e. The molecule has 2 amide bonds. The van der Waals surface area contributed by atoms with Crippen LogP contribution in [0.3, 0.4) is 0 Å². The standard InChI is InChI=1S/C23H17FN6O2/c1-23-22(32)26-10-11-28(23)21(31)19-13-29-20(30(19)23)17(14-6-8-25-9-7-14)12-18(27-29)15-2-4-16(24)5-3-15/h2-9,12-13H,10-11H2,1H3/p+1. The first-order chi connectivity index (χ1) is 15.5.